The molecule has 3 aromatic heterocycles. The van der Waals surface area contributed by atoms with Crippen molar-refractivity contribution >= 4 is 16.0 Å². The molecule has 0 unspecified atom stereocenters. The molecule has 1 N–H and O–H groups in total. The zero-order valence-electron chi connectivity index (χ0n) is 22.4. The molecule has 0 aliphatic rings. The van der Waals surface area contributed by atoms with Gasteiger partial charge in [-0.1, -0.05) is 19.1 Å². The molecule has 0 saturated heterocycles. The average molecular weight is 573 g/mol. The Morgan fingerprint density at radius 3 is 2.30 bits per heavy atom. The summed E-state index contributed by atoms with van der Waals surface area (Å²) in [6.07, 6.45) is -0.207. The molecule has 0 spiro atoms. The van der Waals surface area contributed by atoms with E-state index in [9.17, 15) is 17.9 Å². The van der Waals surface area contributed by atoms with Crippen LogP contribution in [0.3, 0.4) is 0 Å². The van der Waals surface area contributed by atoms with Crippen molar-refractivity contribution in [1.29, 1.82) is 0 Å². The molecule has 212 valence electrons. The number of ether oxygens (including phenoxy) is 3. The molecule has 1 atom stereocenters. The van der Waals surface area contributed by atoms with Crippen molar-refractivity contribution in [3.05, 3.63) is 66.2 Å². The van der Waals surface area contributed by atoms with Gasteiger partial charge in [-0.3, -0.25) is 9.55 Å². The van der Waals surface area contributed by atoms with E-state index in [0.717, 1.165) is 16.6 Å². The first-order valence-corrected chi connectivity index (χ1v) is 13.8. The third kappa shape index (κ3) is 5.82. The van der Waals surface area contributed by atoms with Gasteiger partial charge in [-0.2, -0.15) is 0 Å². The normalized spacial score (nSPS) is 12.2. The molecule has 4 rings (SSSR count). The predicted molar refractivity (Wildman–Crippen MR) is 145 cm³/mol. The Hall–Kier alpha value is -4.30. The van der Waals surface area contributed by atoms with E-state index in [0.29, 0.717) is 35.2 Å². The van der Waals surface area contributed by atoms with Crippen LogP contribution in [-0.2, 0) is 10.0 Å². The van der Waals surface area contributed by atoms with Crippen LogP contribution in [0.25, 0.3) is 17.2 Å². The highest BCUT2D eigenvalue weighted by molar-refractivity contribution is 7.92. The second-order valence-corrected chi connectivity index (χ2v) is 10.4. The quantitative estimate of drug-likeness (QED) is 0.269. The Morgan fingerprint density at radius 1 is 1.00 bits per heavy atom. The summed E-state index contributed by atoms with van der Waals surface area (Å²) in [5, 5.41) is 19.3. The number of hydrogen-bond donors (Lipinski definition) is 1. The highest BCUT2D eigenvalue weighted by Crippen LogP contribution is 2.39. The van der Waals surface area contributed by atoms with Crippen LogP contribution in [-0.4, -0.2) is 71.9 Å². The number of pyridine rings is 2. The van der Waals surface area contributed by atoms with E-state index < -0.39 is 27.7 Å². The van der Waals surface area contributed by atoms with Gasteiger partial charge >= 0.3 is 0 Å². The van der Waals surface area contributed by atoms with Crippen LogP contribution in [0.5, 0.6) is 17.4 Å². The van der Waals surface area contributed by atoms with Crippen LogP contribution in [0.2, 0.25) is 0 Å². The predicted octanol–water partition coefficient (Wildman–Crippen LogP) is 3.17. The lowest BCUT2D eigenvalue weighted by Gasteiger charge is -2.26. The first kappa shape index (κ1) is 28.7. The van der Waals surface area contributed by atoms with Crippen molar-refractivity contribution < 1.29 is 32.1 Å². The largest absolute Gasteiger partial charge is 0.494 e. The Labute approximate surface area is 231 Å². The van der Waals surface area contributed by atoms with Crippen LogP contribution >= 0.6 is 0 Å². The van der Waals surface area contributed by atoms with E-state index in [2.05, 4.69) is 20.2 Å². The summed E-state index contributed by atoms with van der Waals surface area (Å²) in [7, 11) is 0.169. The molecule has 0 fully saturated rings. The van der Waals surface area contributed by atoms with Gasteiger partial charge in [0.2, 0.25) is 21.9 Å². The van der Waals surface area contributed by atoms with Gasteiger partial charge in [0.15, 0.2) is 5.82 Å². The van der Waals surface area contributed by atoms with E-state index >= 15 is 0 Å². The molecule has 0 amide bonds. The zero-order valence-corrected chi connectivity index (χ0v) is 23.2. The zero-order chi connectivity index (χ0) is 28.9. The number of methoxy groups -OCH3 is 3. The van der Waals surface area contributed by atoms with E-state index in [1.807, 2.05) is 0 Å². The molecule has 0 aliphatic carbocycles. The fraction of sp³-hybridized carbons (Fsp3) is 0.308. The highest BCUT2D eigenvalue weighted by atomic mass is 32.2. The number of benzene rings is 1. The van der Waals surface area contributed by atoms with Crippen LogP contribution in [0.1, 0.15) is 25.1 Å². The molecule has 3 heterocycles. The van der Waals surface area contributed by atoms with Crippen LogP contribution in [0.15, 0.2) is 54.7 Å². The second-order valence-electron chi connectivity index (χ2n) is 8.50. The topological polar surface area (TPSA) is 142 Å². The van der Waals surface area contributed by atoms with Gasteiger partial charge in [-0.15, -0.1) is 10.2 Å². The van der Waals surface area contributed by atoms with E-state index in [4.69, 9.17) is 14.2 Å². The number of aliphatic hydroxyl groups is 1. The number of aliphatic hydroxyl groups excluding tert-OH is 1. The second kappa shape index (κ2) is 12.3. The Morgan fingerprint density at radius 2 is 1.70 bits per heavy atom. The first-order valence-electron chi connectivity index (χ1n) is 12.2. The molecule has 12 nitrogen and oxygen atoms in total. The monoisotopic (exact) mass is 572 g/mol. The third-order valence-electron chi connectivity index (χ3n) is 5.88. The molecule has 1 aromatic carbocycles. The Balaban J connectivity index is 1.92. The summed E-state index contributed by atoms with van der Waals surface area (Å²) in [5.41, 5.74) is 0.690. The van der Waals surface area contributed by atoms with Gasteiger partial charge in [0.25, 0.3) is 0 Å². The summed E-state index contributed by atoms with van der Waals surface area (Å²) in [5.74, 6) is -0.216. The number of para-hydroxylation sites is 1. The number of halogens is 1. The van der Waals surface area contributed by atoms with Gasteiger partial charge in [-0.05, 0) is 36.8 Å². The van der Waals surface area contributed by atoms with Gasteiger partial charge in [0.05, 0.1) is 33.2 Å². The molecule has 14 heteroatoms. The van der Waals surface area contributed by atoms with Gasteiger partial charge < -0.3 is 19.3 Å². The van der Waals surface area contributed by atoms with Crippen molar-refractivity contribution in [2.45, 2.75) is 19.4 Å². The van der Waals surface area contributed by atoms with Crippen LogP contribution in [0, 0.1) is 5.82 Å². The molecule has 0 radical (unpaired) electrons. The standard InChI is InChI=1S/C26H29FN6O6S/c1-5-14-32(40(35,36)16-20(34)18-13-12-17(27)15-28-18)26-31-30-25(19-8-6-11-23(29-19)39-4)33(26)24-21(37-2)9-7-10-22(24)38-3/h6-13,15,20,34H,5,14,16H2,1-4H3/t20-/m0/s1. The summed E-state index contributed by atoms with van der Waals surface area (Å²) in [6.45, 7) is 1.81. The maximum atomic E-state index is 13.8. The van der Waals surface area contributed by atoms with Crippen LogP contribution in [0.4, 0.5) is 10.3 Å². The third-order valence-corrected chi connectivity index (χ3v) is 7.63. The molecular formula is C26H29FN6O6S. The number of nitrogens with zero attached hydrogens (tertiary/aromatic N) is 6. The van der Waals surface area contributed by atoms with Gasteiger partial charge in [0.1, 0.15) is 40.6 Å². The lowest BCUT2D eigenvalue weighted by atomic mass is 10.2. The van der Waals surface area contributed by atoms with E-state index in [1.165, 1.54) is 32.0 Å². The number of sulfonamides is 1. The summed E-state index contributed by atoms with van der Waals surface area (Å²) in [6, 6.07) is 12.5. The average Bonchev–Trinajstić information content (AvgIpc) is 3.39. The Bertz CT molecular complexity index is 1540. The number of rotatable bonds is 12. The maximum absolute atomic E-state index is 13.8. The lowest BCUT2D eigenvalue weighted by molar-refractivity contribution is 0.196. The molecule has 0 aliphatic heterocycles. The molecule has 40 heavy (non-hydrogen) atoms. The van der Waals surface area contributed by atoms with Crippen molar-refractivity contribution in [3.8, 4) is 34.6 Å². The molecule has 0 bridgehead atoms. The van der Waals surface area contributed by atoms with E-state index in [-0.39, 0.29) is 24.0 Å². The fourth-order valence-corrected chi connectivity index (χ4v) is 5.62. The van der Waals surface area contributed by atoms with E-state index in [1.54, 1.807) is 43.3 Å². The Kier molecular flexibility index (Phi) is 8.80. The summed E-state index contributed by atoms with van der Waals surface area (Å²) < 4.78 is 60.0. The van der Waals surface area contributed by atoms with Crippen molar-refractivity contribution in [2.75, 3.05) is 37.9 Å². The lowest BCUT2D eigenvalue weighted by Crippen LogP contribution is -2.37. The van der Waals surface area contributed by atoms with Gasteiger partial charge in [0, 0.05) is 12.6 Å². The van der Waals surface area contributed by atoms with Crippen molar-refractivity contribution in [1.82, 2.24) is 24.7 Å². The minimum absolute atomic E-state index is 0.00698. The first-order chi connectivity index (χ1) is 19.2. The molecule has 4 aromatic rings. The molecular weight excluding hydrogens is 543 g/mol. The maximum Gasteiger partial charge on any atom is 0.246 e. The minimum Gasteiger partial charge on any atom is -0.494 e. The number of anilines is 1. The summed E-state index contributed by atoms with van der Waals surface area (Å²) >= 11 is 0. The van der Waals surface area contributed by atoms with Crippen LogP contribution < -0.4 is 18.5 Å². The fourth-order valence-electron chi connectivity index (χ4n) is 4.04. The summed E-state index contributed by atoms with van der Waals surface area (Å²) in [4.78, 5) is 8.28. The number of hydrogen-bond acceptors (Lipinski definition) is 10. The van der Waals surface area contributed by atoms with Crippen molar-refractivity contribution in [2.24, 2.45) is 0 Å². The van der Waals surface area contributed by atoms with Crippen molar-refractivity contribution in [3.63, 3.8) is 0 Å². The smallest absolute Gasteiger partial charge is 0.246 e. The number of aromatic nitrogens is 5. The van der Waals surface area contributed by atoms with Gasteiger partial charge in [-0.25, -0.2) is 22.1 Å². The SMILES string of the molecule is CCCN(c1nnc(-c2cccc(OC)n2)n1-c1c(OC)cccc1OC)S(=O)(=O)C[C@H](O)c1ccc(F)cn1. The molecule has 0 saturated carbocycles. The highest BCUT2D eigenvalue weighted by Gasteiger charge is 2.33. The minimum atomic E-state index is -4.25.